The standard InChI is InChI=1S/C43H51FN6O4Si/c1-28(2)13-12-14-29(3)21-24-49-38-20-19-32(50-41(52)33-17-10-11-18-36(33)46-50)25-35(38)43(42(49)53)30(4)40(55(5,6)44)39(54-43)22-23-48-26-37(45-47-48)34(27-51)31-15-8-7-9-16-31/h7-11,13,15-21,25-26,30,34,39-40,46,51H,12,14,22-24,27H2,1-6H3/b29-21+/t30-,34?,39+,40-,43+/m1/s1. The number of anilines is 1. The van der Waals surface area contributed by atoms with E-state index >= 15 is 8.90 Å². The number of allylic oxidation sites excluding steroid dienone is 3. The number of nitrogens with one attached hydrogen (secondary N) is 1. The number of aliphatic hydroxyl groups excluding tert-OH is 1. The molecule has 1 spiro atoms. The van der Waals surface area contributed by atoms with Crippen molar-refractivity contribution in [1.82, 2.24) is 24.8 Å². The lowest BCUT2D eigenvalue weighted by Gasteiger charge is -2.31. The van der Waals surface area contributed by atoms with Crippen LogP contribution < -0.4 is 10.5 Å². The zero-order valence-electron chi connectivity index (χ0n) is 32.5. The van der Waals surface area contributed by atoms with E-state index in [2.05, 4.69) is 48.3 Å². The quantitative estimate of drug-likeness (QED) is 0.0715. The number of rotatable bonds is 13. The average molecular weight is 763 g/mol. The second kappa shape index (κ2) is 15.3. The monoisotopic (exact) mass is 762 g/mol. The number of amides is 1. The van der Waals surface area contributed by atoms with Crippen LogP contribution in [0.4, 0.5) is 9.80 Å². The molecule has 2 N–H and O–H groups in total. The van der Waals surface area contributed by atoms with Crippen LogP contribution in [-0.2, 0) is 21.7 Å². The zero-order valence-corrected chi connectivity index (χ0v) is 33.5. The Bertz CT molecular complexity index is 2300. The molecular formula is C43H51FN6O4Si. The molecule has 0 aliphatic carbocycles. The number of aromatic amines is 1. The normalized spacial score (nSPS) is 21.8. The summed E-state index contributed by atoms with van der Waals surface area (Å²) in [7, 11) is -3.44. The third-order valence-electron chi connectivity index (χ3n) is 11.4. The summed E-state index contributed by atoms with van der Waals surface area (Å²) in [5.41, 5.74) is 4.47. The summed E-state index contributed by atoms with van der Waals surface area (Å²) in [4.78, 5) is 30.4. The highest BCUT2D eigenvalue weighted by Crippen LogP contribution is 2.60. The second-order valence-electron chi connectivity index (χ2n) is 15.9. The fourth-order valence-electron chi connectivity index (χ4n) is 8.70. The highest BCUT2D eigenvalue weighted by Gasteiger charge is 2.66. The molecule has 3 aromatic carbocycles. The summed E-state index contributed by atoms with van der Waals surface area (Å²) >= 11 is 0. The minimum absolute atomic E-state index is 0.118. The van der Waals surface area contributed by atoms with E-state index in [1.807, 2.05) is 79.9 Å². The maximum atomic E-state index is 16.7. The van der Waals surface area contributed by atoms with Crippen molar-refractivity contribution >= 4 is 30.9 Å². The van der Waals surface area contributed by atoms with E-state index in [9.17, 15) is 9.90 Å². The minimum atomic E-state index is -3.44. The summed E-state index contributed by atoms with van der Waals surface area (Å²) in [5.74, 6) is -1.04. The number of aryl methyl sites for hydroxylation is 1. The Morgan fingerprint density at radius 2 is 1.80 bits per heavy atom. The lowest BCUT2D eigenvalue weighted by molar-refractivity contribution is -0.145. The molecular weight excluding hydrogens is 712 g/mol. The summed E-state index contributed by atoms with van der Waals surface area (Å²) in [6.07, 6.45) is 7.74. The van der Waals surface area contributed by atoms with E-state index in [0.717, 1.165) is 18.4 Å². The van der Waals surface area contributed by atoms with Crippen LogP contribution in [0.25, 0.3) is 16.6 Å². The fraction of sp³-hybridized carbons (Fsp3) is 0.395. The highest BCUT2D eigenvalue weighted by atomic mass is 28.4. The van der Waals surface area contributed by atoms with E-state index < -0.39 is 31.6 Å². The van der Waals surface area contributed by atoms with Crippen LogP contribution in [-0.4, -0.2) is 63.5 Å². The third kappa shape index (κ3) is 7.18. The molecule has 1 fully saturated rings. The molecule has 1 saturated heterocycles. The first kappa shape index (κ1) is 38.4. The summed E-state index contributed by atoms with van der Waals surface area (Å²) < 4.78 is 26.9. The van der Waals surface area contributed by atoms with E-state index in [4.69, 9.17) is 4.74 Å². The van der Waals surface area contributed by atoms with Gasteiger partial charge in [-0.3, -0.25) is 19.4 Å². The third-order valence-corrected chi connectivity index (χ3v) is 13.9. The van der Waals surface area contributed by atoms with Gasteiger partial charge in [0.1, 0.15) is 0 Å². The smallest absolute Gasteiger partial charge is 0.279 e. The van der Waals surface area contributed by atoms with Crippen LogP contribution >= 0.6 is 0 Å². The number of fused-ring (bicyclic) bond motifs is 3. The van der Waals surface area contributed by atoms with Crippen molar-refractivity contribution in [2.24, 2.45) is 5.92 Å². The molecule has 1 unspecified atom stereocenters. The first-order valence-corrected chi connectivity index (χ1v) is 22.2. The van der Waals surface area contributed by atoms with Gasteiger partial charge in [-0.05, 0) is 89.0 Å². The Labute approximate surface area is 322 Å². The van der Waals surface area contributed by atoms with Gasteiger partial charge in [0.15, 0.2) is 5.60 Å². The van der Waals surface area contributed by atoms with Gasteiger partial charge in [0.2, 0.25) is 8.41 Å². The number of aromatic nitrogens is 5. The van der Waals surface area contributed by atoms with Gasteiger partial charge in [-0.25, -0.2) is 4.68 Å². The van der Waals surface area contributed by atoms with Crippen molar-refractivity contribution in [2.45, 2.75) is 89.8 Å². The Morgan fingerprint density at radius 1 is 1.05 bits per heavy atom. The van der Waals surface area contributed by atoms with Crippen molar-refractivity contribution in [3.05, 3.63) is 129 Å². The molecule has 2 aliphatic heterocycles. The number of carbonyl (C=O) groups is 1. The van der Waals surface area contributed by atoms with Gasteiger partial charge in [-0.15, -0.1) is 5.10 Å². The fourth-order valence-corrected chi connectivity index (χ4v) is 11.2. The topological polar surface area (TPSA) is 118 Å². The van der Waals surface area contributed by atoms with Gasteiger partial charge >= 0.3 is 0 Å². The molecule has 5 aromatic rings. The maximum Gasteiger partial charge on any atom is 0.279 e. The molecule has 10 nitrogen and oxygen atoms in total. The molecule has 12 heteroatoms. The van der Waals surface area contributed by atoms with Gasteiger partial charge in [0, 0.05) is 36.3 Å². The number of carbonyl (C=O) groups excluding carboxylic acids is 1. The van der Waals surface area contributed by atoms with E-state index in [1.54, 1.807) is 28.7 Å². The van der Waals surface area contributed by atoms with Crippen molar-refractivity contribution in [2.75, 3.05) is 18.1 Å². The molecule has 0 bridgehead atoms. The van der Waals surface area contributed by atoms with Crippen LogP contribution in [0.15, 0.2) is 107 Å². The number of halogens is 1. The van der Waals surface area contributed by atoms with Gasteiger partial charge in [-0.2, -0.15) is 0 Å². The van der Waals surface area contributed by atoms with Crippen molar-refractivity contribution < 1.29 is 18.7 Å². The minimum Gasteiger partial charge on any atom is -0.395 e. The number of nitrogens with zero attached hydrogens (tertiary/aromatic N) is 5. The number of ether oxygens (including phenoxy) is 1. The first-order valence-electron chi connectivity index (χ1n) is 19.2. The lowest BCUT2D eigenvalue weighted by atomic mass is 9.82. The van der Waals surface area contributed by atoms with Crippen LogP contribution in [0, 0.1) is 5.92 Å². The number of hydrogen-bond donors (Lipinski definition) is 2. The average Bonchev–Trinajstić information content (AvgIpc) is 3.90. The molecule has 7 rings (SSSR count). The maximum absolute atomic E-state index is 16.7. The molecule has 288 valence electrons. The zero-order chi connectivity index (χ0) is 39.1. The molecule has 2 aromatic heterocycles. The summed E-state index contributed by atoms with van der Waals surface area (Å²) in [5, 5.41) is 22.8. The van der Waals surface area contributed by atoms with Crippen LogP contribution in [0.3, 0.4) is 0 Å². The van der Waals surface area contributed by atoms with E-state index in [0.29, 0.717) is 53.0 Å². The Morgan fingerprint density at radius 3 is 2.51 bits per heavy atom. The number of H-pyrrole nitrogens is 1. The molecule has 0 radical (unpaired) electrons. The molecule has 0 saturated carbocycles. The Hall–Kier alpha value is -4.91. The predicted octanol–water partition coefficient (Wildman–Crippen LogP) is 7.94. The SMILES string of the molecule is CC(C)=CCC/C(C)=C/CN1C(=O)[C@@]2(O[C@@H](CCn3cc(C(CO)c4ccccc4)nn3)[C@H]([Si](C)(C)F)[C@H]2C)c2cc(-n3[nH]c4ccccc4c3=O)ccc21. The highest BCUT2D eigenvalue weighted by molar-refractivity contribution is 6.72. The largest absolute Gasteiger partial charge is 0.395 e. The number of para-hydroxylation sites is 1. The van der Waals surface area contributed by atoms with Crippen LogP contribution in [0.1, 0.15) is 69.7 Å². The summed E-state index contributed by atoms with van der Waals surface area (Å²) in [6, 6.07) is 22.6. The van der Waals surface area contributed by atoms with Crippen LogP contribution in [0.2, 0.25) is 18.6 Å². The van der Waals surface area contributed by atoms with E-state index in [-0.39, 0.29) is 24.0 Å². The van der Waals surface area contributed by atoms with Crippen molar-refractivity contribution in [1.29, 1.82) is 0 Å². The second-order valence-corrected chi connectivity index (χ2v) is 19.7. The molecule has 5 atom stereocenters. The number of aliphatic hydroxyl groups is 1. The molecule has 55 heavy (non-hydrogen) atoms. The number of benzene rings is 3. The Kier molecular flexibility index (Phi) is 10.7. The van der Waals surface area contributed by atoms with Crippen molar-refractivity contribution in [3.8, 4) is 5.69 Å². The van der Waals surface area contributed by atoms with Gasteiger partial charge in [0.25, 0.3) is 11.5 Å². The van der Waals surface area contributed by atoms with Gasteiger partial charge in [-0.1, -0.05) is 77.9 Å². The lowest BCUT2D eigenvalue weighted by Crippen LogP contribution is -2.45. The molecule has 4 heterocycles. The molecule has 2 aliphatic rings. The summed E-state index contributed by atoms with van der Waals surface area (Å²) in [6.45, 7) is 12.2. The molecule has 1 amide bonds. The van der Waals surface area contributed by atoms with Gasteiger partial charge in [0.05, 0.1) is 46.6 Å². The van der Waals surface area contributed by atoms with E-state index in [1.165, 1.54) is 15.8 Å². The first-order chi connectivity index (χ1) is 26.3. The Balaban J connectivity index is 1.25. The van der Waals surface area contributed by atoms with Crippen molar-refractivity contribution in [3.63, 3.8) is 0 Å². The van der Waals surface area contributed by atoms with Crippen LogP contribution in [0.5, 0.6) is 0 Å². The van der Waals surface area contributed by atoms with Gasteiger partial charge < -0.3 is 18.9 Å². The predicted molar refractivity (Wildman–Crippen MR) is 217 cm³/mol. The number of hydrogen-bond acceptors (Lipinski definition) is 6.